The van der Waals surface area contributed by atoms with Crippen LogP contribution >= 0.6 is 0 Å². The van der Waals surface area contributed by atoms with Crippen LogP contribution in [0.15, 0.2) is 0 Å². The van der Waals surface area contributed by atoms with Crippen LogP contribution in [-0.2, 0) is 10.2 Å². The van der Waals surface area contributed by atoms with Crippen LogP contribution in [0.2, 0.25) is 0 Å². The van der Waals surface area contributed by atoms with E-state index < -0.39 is 11.4 Å². The molecule has 2 heterocycles. The largest absolute Gasteiger partial charge is 0.480 e. The van der Waals surface area contributed by atoms with Crippen LogP contribution in [0.3, 0.4) is 0 Å². The van der Waals surface area contributed by atoms with Crippen molar-refractivity contribution in [1.29, 1.82) is 0 Å². The van der Waals surface area contributed by atoms with E-state index in [1.54, 1.807) is 0 Å². The molecular weight excluding hydrogens is 198 g/mol. The summed E-state index contributed by atoms with van der Waals surface area (Å²) < 4.78 is 0. The molecule has 0 spiro atoms. The SMILES string of the molecule is Nc1n[nH]c(C2(C(=O)O)CCNCC2)n1. The van der Waals surface area contributed by atoms with Gasteiger partial charge in [0, 0.05) is 0 Å². The highest BCUT2D eigenvalue weighted by Crippen LogP contribution is 2.31. The number of carboxylic acid groups (broad SMARTS) is 1. The molecule has 1 aliphatic heterocycles. The summed E-state index contributed by atoms with van der Waals surface area (Å²) in [5, 5.41) is 18.7. The lowest BCUT2D eigenvalue weighted by atomic mass is 9.78. The number of H-pyrrole nitrogens is 1. The lowest BCUT2D eigenvalue weighted by molar-refractivity contribution is -0.145. The van der Waals surface area contributed by atoms with Gasteiger partial charge in [-0.2, -0.15) is 4.98 Å². The van der Waals surface area contributed by atoms with Crippen molar-refractivity contribution in [3.63, 3.8) is 0 Å². The van der Waals surface area contributed by atoms with Crippen molar-refractivity contribution in [1.82, 2.24) is 20.5 Å². The highest BCUT2D eigenvalue weighted by molar-refractivity contribution is 5.80. The first-order valence-corrected chi connectivity index (χ1v) is 4.78. The second-order valence-corrected chi connectivity index (χ2v) is 3.68. The molecule has 0 atom stereocenters. The molecule has 0 bridgehead atoms. The van der Waals surface area contributed by atoms with E-state index in [1.165, 1.54) is 0 Å². The van der Waals surface area contributed by atoms with E-state index in [4.69, 9.17) is 5.73 Å². The Morgan fingerprint density at radius 1 is 1.47 bits per heavy atom. The number of carboxylic acids is 1. The number of rotatable bonds is 2. The smallest absolute Gasteiger partial charge is 0.317 e. The van der Waals surface area contributed by atoms with Gasteiger partial charge in [-0.3, -0.25) is 9.89 Å². The molecule has 1 fully saturated rings. The number of anilines is 1. The Morgan fingerprint density at radius 2 is 2.13 bits per heavy atom. The molecule has 0 aliphatic carbocycles. The molecular formula is C8H13N5O2. The van der Waals surface area contributed by atoms with E-state index in [9.17, 15) is 9.90 Å². The number of nitrogens with zero attached hydrogens (tertiary/aromatic N) is 2. The van der Waals surface area contributed by atoms with Crippen LogP contribution in [0.1, 0.15) is 18.7 Å². The molecule has 0 saturated carbocycles. The second-order valence-electron chi connectivity index (χ2n) is 3.68. The Kier molecular flexibility index (Phi) is 2.31. The molecule has 0 amide bonds. The fourth-order valence-corrected chi connectivity index (χ4v) is 1.89. The summed E-state index contributed by atoms with van der Waals surface area (Å²) in [7, 11) is 0. The first-order valence-electron chi connectivity index (χ1n) is 4.78. The molecule has 1 aromatic heterocycles. The molecule has 7 nitrogen and oxygen atoms in total. The lowest BCUT2D eigenvalue weighted by Crippen LogP contribution is -2.46. The third-order valence-electron chi connectivity index (χ3n) is 2.82. The average Bonchev–Trinajstić information content (AvgIpc) is 2.66. The standard InChI is InChI=1S/C8H13N5O2/c9-7-11-5(12-13-7)8(6(14)15)1-3-10-4-2-8/h10H,1-4H2,(H,14,15)(H3,9,11,12,13). The van der Waals surface area contributed by atoms with Gasteiger partial charge in [-0.25, -0.2) is 0 Å². The van der Waals surface area contributed by atoms with E-state index in [1.807, 2.05) is 0 Å². The van der Waals surface area contributed by atoms with Crippen LogP contribution in [0, 0.1) is 0 Å². The monoisotopic (exact) mass is 211 g/mol. The number of aromatic amines is 1. The third kappa shape index (κ3) is 1.54. The Bertz CT molecular complexity index is 369. The van der Waals surface area contributed by atoms with Gasteiger partial charge in [0.25, 0.3) is 0 Å². The summed E-state index contributed by atoms with van der Waals surface area (Å²) >= 11 is 0. The lowest BCUT2D eigenvalue weighted by Gasteiger charge is -2.31. The van der Waals surface area contributed by atoms with E-state index in [2.05, 4.69) is 20.5 Å². The van der Waals surface area contributed by atoms with E-state index in [0.717, 1.165) is 0 Å². The van der Waals surface area contributed by atoms with Crippen molar-refractivity contribution in [2.75, 3.05) is 18.8 Å². The fraction of sp³-hybridized carbons (Fsp3) is 0.625. The quantitative estimate of drug-likeness (QED) is 0.503. The van der Waals surface area contributed by atoms with Crippen LogP contribution in [0.25, 0.3) is 0 Å². The number of nitrogens with two attached hydrogens (primary N) is 1. The average molecular weight is 211 g/mol. The molecule has 2 rings (SSSR count). The van der Waals surface area contributed by atoms with Crippen LogP contribution in [-0.4, -0.2) is 39.3 Å². The number of hydrogen-bond donors (Lipinski definition) is 4. The second kappa shape index (κ2) is 3.50. The van der Waals surface area contributed by atoms with Crippen molar-refractivity contribution >= 4 is 11.9 Å². The molecule has 1 aromatic rings. The minimum atomic E-state index is -0.962. The Morgan fingerprint density at radius 3 is 2.60 bits per heavy atom. The number of carbonyl (C=O) groups is 1. The third-order valence-corrected chi connectivity index (χ3v) is 2.82. The van der Waals surface area contributed by atoms with Gasteiger partial charge < -0.3 is 16.2 Å². The minimum absolute atomic E-state index is 0.0872. The highest BCUT2D eigenvalue weighted by atomic mass is 16.4. The van der Waals surface area contributed by atoms with Crippen molar-refractivity contribution in [3.05, 3.63) is 5.82 Å². The van der Waals surface area contributed by atoms with Gasteiger partial charge >= 0.3 is 5.97 Å². The number of piperidine rings is 1. The van der Waals surface area contributed by atoms with Gasteiger partial charge in [-0.05, 0) is 25.9 Å². The van der Waals surface area contributed by atoms with Crippen LogP contribution in [0.4, 0.5) is 5.95 Å². The summed E-state index contributed by atoms with van der Waals surface area (Å²) in [5.74, 6) is -0.432. The van der Waals surface area contributed by atoms with Gasteiger partial charge in [0.2, 0.25) is 5.95 Å². The Labute approximate surface area is 86.1 Å². The molecule has 0 aromatic carbocycles. The Balaban J connectivity index is 2.37. The Hall–Kier alpha value is -1.63. The molecule has 5 N–H and O–H groups in total. The normalized spacial score (nSPS) is 20.0. The maximum atomic E-state index is 11.3. The number of aliphatic carboxylic acids is 1. The van der Waals surface area contributed by atoms with Gasteiger partial charge in [0.1, 0.15) is 11.2 Å². The summed E-state index contributed by atoms with van der Waals surface area (Å²) in [6, 6.07) is 0. The van der Waals surface area contributed by atoms with Gasteiger partial charge in [0.15, 0.2) is 0 Å². The predicted octanol–water partition coefficient (Wildman–Crippen LogP) is -0.907. The van der Waals surface area contributed by atoms with Crippen molar-refractivity contribution < 1.29 is 9.90 Å². The number of nitrogens with one attached hydrogen (secondary N) is 2. The van der Waals surface area contributed by atoms with E-state index >= 15 is 0 Å². The highest BCUT2D eigenvalue weighted by Gasteiger charge is 2.44. The maximum absolute atomic E-state index is 11.3. The molecule has 0 unspecified atom stereocenters. The minimum Gasteiger partial charge on any atom is -0.480 e. The number of nitrogen functional groups attached to an aromatic ring is 1. The zero-order valence-corrected chi connectivity index (χ0v) is 8.16. The topological polar surface area (TPSA) is 117 Å². The van der Waals surface area contributed by atoms with Gasteiger partial charge in [-0.1, -0.05) is 0 Å². The van der Waals surface area contributed by atoms with E-state index in [0.29, 0.717) is 31.8 Å². The van der Waals surface area contributed by atoms with Gasteiger partial charge in [-0.15, -0.1) is 5.10 Å². The van der Waals surface area contributed by atoms with E-state index in [-0.39, 0.29) is 5.95 Å². The van der Waals surface area contributed by atoms with Crippen LogP contribution in [0.5, 0.6) is 0 Å². The van der Waals surface area contributed by atoms with Crippen molar-refractivity contribution in [3.8, 4) is 0 Å². The summed E-state index contributed by atoms with van der Waals surface area (Å²) in [5.41, 5.74) is 4.42. The number of hydrogen-bond acceptors (Lipinski definition) is 5. The fourth-order valence-electron chi connectivity index (χ4n) is 1.89. The summed E-state index contributed by atoms with van der Waals surface area (Å²) in [4.78, 5) is 15.3. The first kappa shape index (κ1) is 9.91. The molecule has 0 radical (unpaired) electrons. The molecule has 15 heavy (non-hydrogen) atoms. The zero-order valence-electron chi connectivity index (χ0n) is 8.16. The predicted molar refractivity (Wildman–Crippen MR) is 52.2 cm³/mol. The molecule has 1 saturated heterocycles. The summed E-state index contributed by atoms with van der Waals surface area (Å²) in [6.07, 6.45) is 0.994. The molecule has 82 valence electrons. The van der Waals surface area contributed by atoms with Crippen LogP contribution < -0.4 is 11.1 Å². The molecule has 7 heteroatoms. The summed E-state index contributed by atoms with van der Waals surface area (Å²) in [6.45, 7) is 1.32. The zero-order chi connectivity index (χ0) is 10.9. The molecule has 1 aliphatic rings. The van der Waals surface area contributed by atoms with Crippen molar-refractivity contribution in [2.45, 2.75) is 18.3 Å². The number of aromatic nitrogens is 3. The van der Waals surface area contributed by atoms with Gasteiger partial charge in [0.05, 0.1) is 0 Å². The first-order chi connectivity index (χ1) is 7.15. The maximum Gasteiger partial charge on any atom is 0.317 e. The van der Waals surface area contributed by atoms with Crippen molar-refractivity contribution in [2.24, 2.45) is 0 Å².